The standard InChI is InChI=1S/C10H7ClINO/c1-6-2-4-7(5-3-6)9-8(12)10(11)13-14-9/h2-5H,1H3. The minimum Gasteiger partial charge on any atom is -0.354 e. The van der Waals surface area contributed by atoms with E-state index >= 15 is 0 Å². The molecule has 0 aliphatic carbocycles. The number of aromatic nitrogens is 1. The number of benzene rings is 1. The van der Waals surface area contributed by atoms with E-state index in [0.717, 1.165) is 14.9 Å². The van der Waals surface area contributed by atoms with Crippen LogP contribution in [0.25, 0.3) is 11.3 Å². The summed E-state index contributed by atoms with van der Waals surface area (Å²) in [5, 5.41) is 4.12. The van der Waals surface area contributed by atoms with Crippen molar-refractivity contribution in [2.45, 2.75) is 6.92 Å². The third-order valence-corrected chi connectivity index (χ3v) is 3.49. The van der Waals surface area contributed by atoms with Crippen molar-refractivity contribution in [3.05, 3.63) is 38.6 Å². The Morgan fingerprint density at radius 2 is 1.93 bits per heavy atom. The lowest BCUT2D eigenvalue weighted by atomic mass is 10.1. The molecule has 0 atom stereocenters. The third kappa shape index (κ3) is 1.79. The van der Waals surface area contributed by atoms with Crippen LogP contribution in [-0.2, 0) is 0 Å². The monoisotopic (exact) mass is 319 g/mol. The second-order valence-corrected chi connectivity index (χ2v) is 4.42. The minimum absolute atomic E-state index is 0.418. The predicted molar refractivity (Wildman–Crippen MR) is 64.4 cm³/mol. The van der Waals surface area contributed by atoms with Gasteiger partial charge in [-0.1, -0.05) is 46.6 Å². The topological polar surface area (TPSA) is 26.0 Å². The van der Waals surface area contributed by atoms with Gasteiger partial charge < -0.3 is 4.52 Å². The van der Waals surface area contributed by atoms with E-state index in [2.05, 4.69) is 27.7 Å². The molecule has 0 unspecified atom stereocenters. The summed E-state index contributed by atoms with van der Waals surface area (Å²) in [6, 6.07) is 8.05. The van der Waals surface area contributed by atoms with Gasteiger partial charge in [0.1, 0.15) is 0 Å². The van der Waals surface area contributed by atoms with Gasteiger partial charge >= 0.3 is 0 Å². The quantitative estimate of drug-likeness (QED) is 0.745. The Hall–Kier alpha value is -0.550. The first kappa shape index (κ1) is 9.98. The maximum Gasteiger partial charge on any atom is 0.186 e. The van der Waals surface area contributed by atoms with Crippen LogP contribution in [0.1, 0.15) is 5.56 Å². The maximum absolute atomic E-state index is 5.80. The molecular weight excluding hydrogens is 312 g/mol. The summed E-state index contributed by atoms with van der Waals surface area (Å²) in [5.74, 6) is 0.732. The van der Waals surface area contributed by atoms with E-state index in [1.165, 1.54) is 5.56 Å². The molecule has 2 rings (SSSR count). The lowest BCUT2D eigenvalue weighted by Crippen LogP contribution is -1.77. The Labute approximate surface area is 100 Å². The van der Waals surface area contributed by atoms with Crippen LogP contribution >= 0.6 is 34.2 Å². The van der Waals surface area contributed by atoms with Gasteiger partial charge in [0, 0.05) is 5.56 Å². The normalized spacial score (nSPS) is 10.5. The van der Waals surface area contributed by atoms with Gasteiger partial charge in [-0.2, -0.15) is 0 Å². The van der Waals surface area contributed by atoms with Crippen LogP contribution < -0.4 is 0 Å². The molecule has 0 saturated carbocycles. The molecule has 14 heavy (non-hydrogen) atoms. The highest BCUT2D eigenvalue weighted by molar-refractivity contribution is 14.1. The van der Waals surface area contributed by atoms with Crippen molar-refractivity contribution in [2.24, 2.45) is 0 Å². The molecule has 0 N–H and O–H groups in total. The fourth-order valence-corrected chi connectivity index (χ4v) is 1.77. The summed E-state index contributed by atoms with van der Waals surface area (Å²) >= 11 is 7.92. The average Bonchev–Trinajstić information content (AvgIpc) is 2.50. The highest BCUT2D eigenvalue weighted by Crippen LogP contribution is 2.30. The van der Waals surface area contributed by atoms with Crippen LogP contribution in [-0.4, -0.2) is 5.16 Å². The number of hydrogen-bond acceptors (Lipinski definition) is 2. The molecular formula is C10H7ClINO. The minimum atomic E-state index is 0.418. The molecule has 0 aliphatic heterocycles. The lowest BCUT2D eigenvalue weighted by Gasteiger charge is -1.96. The summed E-state index contributed by atoms with van der Waals surface area (Å²) in [6.45, 7) is 2.04. The summed E-state index contributed by atoms with van der Waals surface area (Å²) in [5.41, 5.74) is 2.22. The number of hydrogen-bond donors (Lipinski definition) is 0. The molecule has 0 radical (unpaired) electrons. The molecule has 0 amide bonds. The molecule has 2 nitrogen and oxygen atoms in total. The average molecular weight is 320 g/mol. The van der Waals surface area contributed by atoms with Gasteiger partial charge in [-0.25, -0.2) is 0 Å². The van der Waals surface area contributed by atoms with Gasteiger partial charge in [-0.3, -0.25) is 0 Å². The summed E-state index contributed by atoms with van der Waals surface area (Å²) in [6.07, 6.45) is 0. The fraction of sp³-hybridized carbons (Fsp3) is 0.100. The van der Waals surface area contributed by atoms with Crippen LogP contribution in [0.15, 0.2) is 28.8 Å². The second-order valence-electron chi connectivity index (χ2n) is 2.98. The van der Waals surface area contributed by atoms with Gasteiger partial charge in [0.2, 0.25) is 0 Å². The van der Waals surface area contributed by atoms with E-state index < -0.39 is 0 Å². The first-order chi connectivity index (χ1) is 6.68. The van der Waals surface area contributed by atoms with E-state index in [1.54, 1.807) is 0 Å². The van der Waals surface area contributed by atoms with E-state index in [9.17, 15) is 0 Å². The smallest absolute Gasteiger partial charge is 0.186 e. The molecule has 1 aromatic carbocycles. The Morgan fingerprint density at radius 3 is 2.43 bits per heavy atom. The lowest BCUT2D eigenvalue weighted by molar-refractivity contribution is 0.432. The number of halogens is 2. The SMILES string of the molecule is Cc1ccc(-c2onc(Cl)c2I)cc1. The molecule has 0 saturated heterocycles. The highest BCUT2D eigenvalue weighted by atomic mass is 127. The summed E-state index contributed by atoms with van der Waals surface area (Å²) < 4.78 is 5.99. The first-order valence-electron chi connectivity index (χ1n) is 4.06. The maximum atomic E-state index is 5.80. The highest BCUT2D eigenvalue weighted by Gasteiger charge is 2.12. The van der Waals surface area contributed by atoms with Crippen molar-refractivity contribution in [1.29, 1.82) is 0 Å². The summed E-state index contributed by atoms with van der Waals surface area (Å²) in [7, 11) is 0. The Bertz CT molecular complexity index is 450. The van der Waals surface area contributed by atoms with Gasteiger partial charge in [-0.05, 0) is 29.5 Å². The third-order valence-electron chi connectivity index (χ3n) is 1.91. The Kier molecular flexibility index (Phi) is 2.78. The van der Waals surface area contributed by atoms with Crippen molar-refractivity contribution in [3.8, 4) is 11.3 Å². The van der Waals surface area contributed by atoms with Crippen molar-refractivity contribution < 1.29 is 4.52 Å². The van der Waals surface area contributed by atoms with E-state index in [1.807, 2.05) is 31.2 Å². The fourth-order valence-electron chi connectivity index (χ4n) is 1.14. The first-order valence-corrected chi connectivity index (χ1v) is 5.52. The predicted octanol–water partition coefficient (Wildman–Crippen LogP) is 3.91. The molecule has 0 spiro atoms. The van der Waals surface area contributed by atoms with Crippen molar-refractivity contribution in [2.75, 3.05) is 0 Å². The zero-order valence-corrected chi connectivity index (χ0v) is 10.3. The molecule has 72 valence electrons. The largest absolute Gasteiger partial charge is 0.354 e. The van der Waals surface area contributed by atoms with E-state index in [4.69, 9.17) is 16.1 Å². The zero-order chi connectivity index (χ0) is 10.1. The van der Waals surface area contributed by atoms with E-state index in [0.29, 0.717) is 5.15 Å². The number of aryl methyl sites for hydroxylation is 1. The molecule has 4 heteroatoms. The van der Waals surface area contributed by atoms with Gasteiger partial charge in [0.05, 0.1) is 3.57 Å². The molecule has 1 heterocycles. The number of rotatable bonds is 1. The van der Waals surface area contributed by atoms with Crippen LogP contribution in [0.3, 0.4) is 0 Å². The molecule has 1 aromatic heterocycles. The van der Waals surface area contributed by atoms with Gasteiger partial charge in [0.25, 0.3) is 0 Å². The number of nitrogens with zero attached hydrogens (tertiary/aromatic N) is 1. The Morgan fingerprint density at radius 1 is 1.29 bits per heavy atom. The van der Waals surface area contributed by atoms with Crippen molar-refractivity contribution in [1.82, 2.24) is 5.16 Å². The molecule has 0 bridgehead atoms. The molecule has 2 aromatic rings. The van der Waals surface area contributed by atoms with Crippen LogP contribution in [0.4, 0.5) is 0 Å². The van der Waals surface area contributed by atoms with Crippen LogP contribution in [0, 0.1) is 10.5 Å². The Balaban J connectivity index is 2.49. The molecule has 0 fully saturated rings. The van der Waals surface area contributed by atoms with Gasteiger partial charge in [-0.15, -0.1) is 0 Å². The van der Waals surface area contributed by atoms with Crippen molar-refractivity contribution >= 4 is 34.2 Å². The summed E-state index contributed by atoms with van der Waals surface area (Å²) in [4.78, 5) is 0. The molecule has 0 aliphatic rings. The van der Waals surface area contributed by atoms with E-state index in [-0.39, 0.29) is 0 Å². The van der Waals surface area contributed by atoms with Crippen molar-refractivity contribution in [3.63, 3.8) is 0 Å². The second kappa shape index (κ2) is 3.90. The van der Waals surface area contributed by atoms with Gasteiger partial charge in [0.15, 0.2) is 10.9 Å². The van der Waals surface area contributed by atoms with Crippen LogP contribution in [0.5, 0.6) is 0 Å². The zero-order valence-electron chi connectivity index (χ0n) is 7.42. The van der Waals surface area contributed by atoms with Crippen LogP contribution in [0.2, 0.25) is 5.15 Å².